The SMILES string of the molecule is COc1cccc(NC(=S)Nc2ccccc2C(=O)NCCc2ccccn2)c1. The molecule has 0 spiro atoms. The number of nitrogens with one attached hydrogen (secondary N) is 3. The summed E-state index contributed by atoms with van der Waals surface area (Å²) >= 11 is 5.39. The zero-order valence-corrected chi connectivity index (χ0v) is 16.8. The Bertz CT molecular complexity index is 979. The van der Waals surface area contributed by atoms with Crippen LogP contribution in [0.15, 0.2) is 72.9 Å². The summed E-state index contributed by atoms with van der Waals surface area (Å²) in [6, 6.07) is 20.4. The second-order valence-corrected chi connectivity index (χ2v) is 6.59. The average Bonchev–Trinajstić information content (AvgIpc) is 2.75. The van der Waals surface area contributed by atoms with Crippen molar-refractivity contribution < 1.29 is 9.53 Å². The number of pyridine rings is 1. The van der Waals surface area contributed by atoms with Crippen LogP contribution in [0.2, 0.25) is 0 Å². The number of aromatic nitrogens is 1. The Morgan fingerprint density at radius 1 is 1.03 bits per heavy atom. The Morgan fingerprint density at radius 2 is 1.86 bits per heavy atom. The molecule has 0 atom stereocenters. The number of benzene rings is 2. The van der Waals surface area contributed by atoms with E-state index in [0.717, 1.165) is 17.1 Å². The molecule has 0 bridgehead atoms. The van der Waals surface area contributed by atoms with Crippen LogP contribution in [-0.4, -0.2) is 29.7 Å². The number of methoxy groups -OCH3 is 1. The molecule has 1 aromatic heterocycles. The predicted molar refractivity (Wildman–Crippen MR) is 120 cm³/mol. The average molecular weight is 407 g/mol. The van der Waals surface area contributed by atoms with Gasteiger partial charge >= 0.3 is 0 Å². The Labute approximate surface area is 175 Å². The van der Waals surface area contributed by atoms with Crippen molar-refractivity contribution in [2.75, 3.05) is 24.3 Å². The molecule has 3 rings (SSSR count). The lowest BCUT2D eigenvalue weighted by atomic mass is 10.1. The summed E-state index contributed by atoms with van der Waals surface area (Å²) in [4.78, 5) is 16.9. The number of carbonyl (C=O) groups excluding carboxylic acids is 1. The molecule has 0 unspecified atom stereocenters. The van der Waals surface area contributed by atoms with E-state index in [4.69, 9.17) is 17.0 Å². The fourth-order valence-electron chi connectivity index (χ4n) is 2.72. The first-order chi connectivity index (χ1) is 14.2. The van der Waals surface area contributed by atoms with Crippen molar-refractivity contribution in [3.63, 3.8) is 0 Å². The maximum absolute atomic E-state index is 12.6. The van der Waals surface area contributed by atoms with Gasteiger partial charge in [0.25, 0.3) is 5.91 Å². The zero-order valence-electron chi connectivity index (χ0n) is 16.0. The summed E-state index contributed by atoms with van der Waals surface area (Å²) < 4.78 is 5.21. The molecule has 0 saturated heterocycles. The number of thiocarbonyl (C=S) groups is 1. The minimum Gasteiger partial charge on any atom is -0.497 e. The van der Waals surface area contributed by atoms with Crippen LogP contribution in [0.5, 0.6) is 5.75 Å². The molecular formula is C22H22N4O2S. The Hall–Kier alpha value is -3.45. The van der Waals surface area contributed by atoms with Crippen molar-refractivity contribution in [1.82, 2.24) is 10.3 Å². The summed E-state index contributed by atoms with van der Waals surface area (Å²) in [5, 5.41) is 9.50. The van der Waals surface area contributed by atoms with E-state index in [0.29, 0.717) is 29.3 Å². The number of hydrogen-bond donors (Lipinski definition) is 3. The summed E-state index contributed by atoms with van der Waals surface area (Å²) in [6.07, 6.45) is 2.41. The van der Waals surface area contributed by atoms with Gasteiger partial charge in [0.2, 0.25) is 0 Å². The molecule has 0 aliphatic rings. The van der Waals surface area contributed by atoms with Gasteiger partial charge < -0.3 is 20.7 Å². The van der Waals surface area contributed by atoms with E-state index in [2.05, 4.69) is 20.9 Å². The number of hydrogen-bond acceptors (Lipinski definition) is 4. The highest BCUT2D eigenvalue weighted by Gasteiger charge is 2.12. The minimum absolute atomic E-state index is 0.173. The second kappa shape index (κ2) is 10.2. The van der Waals surface area contributed by atoms with Gasteiger partial charge in [-0.1, -0.05) is 24.3 Å². The van der Waals surface area contributed by atoms with Crippen molar-refractivity contribution in [1.29, 1.82) is 0 Å². The third-order valence-corrected chi connectivity index (χ3v) is 4.34. The van der Waals surface area contributed by atoms with Crippen LogP contribution in [0, 0.1) is 0 Å². The molecule has 2 aromatic carbocycles. The molecule has 0 aliphatic heterocycles. The highest BCUT2D eigenvalue weighted by Crippen LogP contribution is 2.19. The largest absolute Gasteiger partial charge is 0.497 e. The fourth-order valence-corrected chi connectivity index (χ4v) is 2.95. The first-order valence-corrected chi connectivity index (χ1v) is 9.56. The summed E-state index contributed by atoms with van der Waals surface area (Å²) in [7, 11) is 1.61. The van der Waals surface area contributed by atoms with E-state index >= 15 is 0 Å². The predicted octanol–water partition coefficient (Wildman–Crippen LogP) is 3.87. The van der Waals surface area contributed by atoms with Crippen LogP contribution in [0.4, 0.5) is 11.4 Å². The first-order valence-electron chi connectivity index (χ1n) is 9.15. The Morgan fingerprint density at radius 3 is 2.66 bits per heavy atom. The lowest BCUT2D eigenvalue weighted by Crippen LogP contribution is -2.28. The monoisotopic (exact) mass is 406 g/mol. The van der Waals surface area contributed by atoms with Crippen LogP contribution < -0.4 is 20.7 Å². The van der Waals surface area contributed by atoms with Crippen molar-refractivity contribution in [2.24, 2.45) is 0 Å². The van der Waals surface area contributed by atoms with Gasteiger partial charge in [-0.25, -0.2) is 0 Å². The third-order valence-electron chi connectivity index (χ3n) is 4.14. The number of anilines is 2. The second-order valence-electron chi connectivity index (χ2n) is 6.18. The summed E-state index contributed by atoms with van der Waals surface area (Å²) in [5.74, 6) is 0.554. The molecule has 7 heteroatoms. The third kappa shape index (κ3) is 6.02. The molecule has 0 fully saturated rings. The van der Waals surface area contributed by atoms with Crippen LogP contribution >= 0.6 is 12.2 Å². The maximum atomic E-state index is 12.6. The molecule has 1 amide bonds. The fraction of sp³-hybridized carbons (Fsp3) is 0.136. The highest BCUT2D eigenvalue weighted by atomic mass is 32.1. The normalized spacial score (nSPS) is 10.1. The minimum atomic E-state index is -0.173. The smallest absolute Gasteiger partial charge is 0.253 e. The molecule has 3 aromatic rings. The Kier molecular flexibility index (Phi) is 7.13. The number of ether oxygens (including phenoxy) is 1. The number of rotatable bonds is 7. The van der Waals surface area contributed by atoms with Crippen LogP contribution in [-0.2, 0) is 6.42 Å². The van der Waals surface area contributed by atoms with Crippen LogP contribution in [0.1, 0.15) is 16.1 Å². The van der Waals surface area contributed by atoms with E-state index in [1.54, 1.807) is 19.4 Å². The van der Waals surface area contributed by atoms with Gasteiger partial charge in [-0.3, -0.25) is 9.78 Å². The van der Waals surface area contributed by atoms with Crippen LogP contribution in [0.25, 0.3) is 0 Å². The first kappa shape index (κ1) is 20.3. The molecule has 148 valence electrons. The van der Waals surface area contributed by atoms with Gasteiger partial charge in [0.15, 0.2) is 5.11 Å². The molecule has 0 saturated carbocycles. The number of nitrogens with zero attached hydrogens (tertiary/aromatic N) is 1. The van der Waals surface area contributed by atoms with E-state index in [-0.39, 0.29) is 5.91 Å². The molecule has 1 heterocycles. The van der Waals surface area contributed by atoms with Crippen molar-refractivity contribution >= 4 is 34.6 Å². The van der Waals surface area contributed by atoms with Gasteiger partial charge in [-0.05, 0) is 48.6 Å². The molecule has 29 heavy (non-hydrogen) atoms. The van der Waals surface area contributed by atoms with Crippen molar-refractivity contribution in [3.05, 3.63) is 84.2 Å². The van der Waals surface area contributed by atoms with Gasteiger partial charge in [-0.2, -0.15) is 0 Å². The summed E-state index contributed by atoms with van der Waals surface area (Å²) in [6.45, 7) is 0.497. The van der Waals surface area contributed by atoms with E-state index in [1.165, 1.54) is 0 Å². The number of carbonyl (C=O) groups is 1. The van der Waals surface area contributed by atoms with Gasteiger partial charge in [-0.15, -0.1) is 0 Å². The van der Waals surface area contributed by atoms with Crippen molar-refractivity contribution in [3.8, 4) is 5.75 Å². The molecule has 3 N–H and O–H groups in total. The summed E-state index contributed by atoms with van der Waals surface area (Å²) in [5.41, 5.74) is 2.87. The van der Waals surface area contributed by atoms with Gasteiger partial charge in [0.1, 0.15) is 5.75 Å². The number of amides is 1. The highest BCUT2D eigenvalue weighted by molar-refractivity contribution is 7.80. The molecular weight excluding hydrogens is 384 g/mol. The topological polar surface area (TPSA) is 75.3 Å². The molecule has 6 nitrogen and oxygen atoms in total. The standard InChI is InChI=1S/C22H22N4O2S/c1-28-18-9-6-8-17(15-18)25-22(29)26-20-11-3-2-10-19(20)21(27)24-14-12-16-7-4-5-13-23-16/h2-11,13,15H,12,14H2,1H3,(H,24,27)(H2,25,26,29). The maximum Gasteiger partial charge on any atom is 0.253 e. The zero-order chi connectivity index (χ0) is 20.5. The molecule has 0 radical (unpaired) electrons. The van der Waals surface area contributed by atoms with Gasteiger partial charge in [0, 0.05) is 36.6 Å². The van der Waals surface area contributed by atoms with Gasteiger partial charge in [0.05, 0.1) is 18.4 Å². The Balaban J connectivity index is 1.60. The number of para-hydroxylation sites is 1. The molecule has 0 aliphatic carbocycles. The lowest BCUT2D eigenvalue weighted by molar-refractivity contribution is 0.0955. The van der Waals surface area contributed by atoms with E-state index in [9.17, 15) is 4.79 Å². The van der Waals surface area contributed by atoms with Crippen LogP contribution in [0.3, 0.4) is 0 Å². The van der Waals surface area contributed by atoms with E-state index in [1.807, 2.05) is 60.7 Å². The van der Waals surface area contributed by atoms with Crippen molar-refractivity contribution in [2.45, 2.75) is 6.42 Å². The lowest BCUT2D eigenvalue weighted by Gasteiger charge is -2.14. The quantitative estimate of drug-likeness (QED) is 0.517. The van der Waals surface area contributed by atoms with E-state index < -0.39 is 0 Å².